The topological polar surface area (TPSA) is 75.7 Å². The van der Waals surface area contributed by atoms with Crippen LogP contribution in [0.25, 0.3) is 0 Å². The highest BCUT2D eigenvalue weighted by Gasteiger charge is 2.35. The highest BCUT2D eigenvalue weighted by Crippen LogP contribution is 2.27. The van der Waals surface area contributed by atoms with Gasteiger partial charge in [0, 0.05) is 29.4 Å². The van der Waals surface area contributed by atoms with Crippen LogP contribution in [0.1, 0.15) is 43.0 Å². The fourth-order valence-corrected chi connectivity index (χ4v) is 3.41. The number of nitrogens with zero attached hydrogens (tertiary/aromatic N) is 1. The third-order valence-electron chi connectivity index (χ3n) is 5.00. The summed E-state index contributed by atoms with van der Waals surface area (Å²) >= 11 is 5.90. The summed E-state index contributed by atoms with van der Waals surface area (Å²) in [5.41, 5.74) is 1.73. The Bertz CT molecular complexity index is 896. The zero-order valence-electron chi connectivity index (χ0n) is 16.9. The molecule has 1 fully saturated rings. The van der Waals surface area contributed by atoms with Gasteiger partial charge in [-0.1, -0.05) is 31.4 Å². The van der Waals surface area contributed by atoms with E-state index < -0.39 is 5.92 Å². The van der Waals surface area contributed by atoms with E-state index in [1.165, 1.54) is 0 Å². The molecule has 3 rings (SSSR count). The summed E-state index contributed by atoms with van der Waals surface area (Å²) in [6.07, 6.45) is 3.09. The first kappa shape index (κ1) is 21.8. The van der Waals surface area contributed by atoms with Crippen LogP contribution in [0.15, 0.2) is 48.5 Å². The van der Waals surface area contributed by atoms with E-state index in [1.807, 2.05) is 0 Å². The van der Waals surface area contributed by atoms with Crippen molar-refractivity contribution in [2.24, 2.45) is 5.92 Å². The molecule has 158 valence electrons. The van der Waals surface area contributed by atoms with Crippen LogP contribution in [-0.2, 0) is 14.3 Å². The van der Waals surface area contributed by atoms with Gasteiger partial charge in [0.2, 0.25) is 11.8 Å². The minimum absolute atomic E-state index is 0.0985. The Kier molecular flexibility index (Phi) is 7.46. The number of hydrogen-bond donors (Lipinski definition) is 1. The van der Waals surface area contributed by atoms with Gasteiger partial charge >= 0.3 is 5.97 Å². The van der Waals surface area contributed by atoms with E-state index in [2.05, 4.69) is 12.2 Å². The number of rotatable bonds is 8. The van der Waals surface area contributed by atoms with Gasteiger partial charge < -0.3 is 15.0 Å². The summed E-state index contributed by atoms with van der Waals surface area (Å²) < 4.78 is 5.23. The van der Waals surface area contributed by atoms with Crippen molar-refractivity contribution in [3.63, 3.8) is 0 Å². The lowest BCUT2D eigenvalue weighted by molar-refractivity contribution is -0.122. The molecule has 0 saturated carbocycles. The monoisotopic (exact) mass is 428 g/mol. The number of hydrogen-bond acceptors (Lipinski definition) is 4. The summed E-state index contributed by atoms with van der Waals surface area (Å²) in [4.78, 5) is 38.6. The molecular formula is C23H25ClN2O4. The van der Waals surface area contributed by atoms with Crippen LogP contribution in [0.5, 0.6) is 0 Å². The third kappa shape index (κ3) is 5.60. The predicted octanol–water partition coefficient (Wildman–Crippen LogP) is 4.68. The van der Waals surface area contributed by atoms with Gasteiger partial charge in [-0.3, -0.25) is 9.59 Å². The molecule has 0 unspecified atom stereocenters. The average Bonchev–Trinajstić information content (AvgIpc) is 3.14. The van der Waals surface area contributed by atoms with Crippen molar-refractivity contribution in [2.45, 2.75) is 32.6 Å². The number of halogens is 1. The highest BCUT2D eigenvalue weighted by molar-refractivity contribution is 6.30. The fourth-order valence-electron chi connectivity index (χ4n) is 3.29. The van der Waals surface area contributed by atoms with Crippen molar-refractivity contribution in [3.8, 4) is 0 Å². The lowest BCUT2D eigenvalue weighted by atomic mass is 10.1. The Labute approximate surface area is 181 Å². The molecule has 1 aliphatic heterocycles. The number of benzene rings is 2. The smallest absolute Gasteiger partial charge is 0.338 e. The Morgan fingerprint density at radius 2 is 1.80 bits per heavy atom. The second kappa shape index (κ2) is 10.3. The summed E-state index contributed by atoms with van der Waals surface area (Å²) in [6, 6.07) is 13.5. The maximum atomic E-state index is 12.6. The van der Waals surface area contributed by atoms with Crippen molar-refractivity contribution < 1.29 is 19.1 Å². The Morgan fingerprint density at radius 3 is 2.47 bits per heavy atom. The number of carbonyl (C=O) groups is 3. The minimum Gasteiger partial charge on any atom is -0.462 e. The summed E-state index contributed by atoms with van der Waals surface area (Å²) in [6.45, 7) is 2.81. The van der Waals surface area contributed by atoms with Gasteiger partial charge in [-0.15, -0.1) is 0 Å². The van der Waals surface area contributed by atoms with Gasteiger partial charge in [0.05, 0.1) is 18.1 Å². The molecule has 0 spiro atoms. The minimum atomic E-state index is -0.448. The molecular weight excluding hydrogens is 404 g/mol. The molecule has 1 aliphatic rings. The van der Waals surface area contributed by atoms with Gasteiger partial charge in [-0.25, -0.2) is 4.79 Å². The van der Waals surface area contributed by atoms with Gasteiger partial charge in [-0.2, -0.15) is 0 Å². The van der Waals surface area contributed by atoms with Crippen LogP contribution in [0.2, 0.25) is 5.02 Å². The molecule has 0 aromatic heterocycles. The summed E-state index contributed by atoms with van der Waals surface area (Å²) in [5, 5.41) is 3.41. The first-order valence-electron chi connectivity index (χ1n) is 10.1. The number of nitrogens with one attached hydrogen (secondary N) is 1. The Hall–Kier alpha value is -2.86. The molecule has 1 N–H and O–H groups in total. The maximum Gasteiger partial charge on any atom is 0.338 e. The average molecular weight is 429 g/mol. The van der Waals surface area contributed by atoms with E-state index in [0.29, 0.717) is 29.4 Å². The standard InChI is InChI=1S/C23H25ClN2O4/c1-2-3-4-13-30-23(29)16-5-9-19(10-6-16)25-22(28)17-14-21(27)26(15-17)20-11-7-18(24)8-12-20/h5-12,17H,2-4,13-15H2,1H3,(H,25,28)/t17-/m1/s1. The van der Waals surface area contributed by atoms with Gasteiger partial charge in [-0.05, 0) is 55.0 Å². The molecule has 2 amide bonds. The number of amides is 2. The molecule has 1 saturated heterocycles. The van der Waals surface area contributed by atoms with Crippen molar-refractivity contribution in [1.82, 2.24) is 0 Å². The second-order valence-electron chi connectivity index (χ2n) is 7.29. The van der Waals surface area contributed by atoms with E-state index in [4.69, 9.17) is 16.3 Å². The third-order valence-corrected chi connectivity index (χ3v) is 5.26. The number of esters is 1. The number of unbranched alkanes of at least 4 members (excludes halogenated alkanes) is 2. The first-order chi connectivity index (χ1) is 14.5. The largest absolute Gasteiger partial charge is 0.462 e. The van der Waals surface area contributed by atoms with Crippen molar-refractivity contribution >= 4 is 40.8 Å². The number of carbonyl (C=O) groups excluding carboxylic acids is 3. The number of anilines is 2. The summed E-state index contributed by atoms with van der Waals surface area (Å²) in [7, 11) is 0. The fraction of sp³-hybridized carbons (Fsp3) is 0.348. The van der Waals surface area contributed by atoms with Crippen molar-refractivity contribution in [3.05, 3.63) is 59.1 Å². The maximum absolute atomic E-state index is 12.6. The molecule has 2 aromatic rings. The normalized spacial score (nSPS) is 15.9. The van der Waals surface area contributed by atoms with E-state index >= 15 is 0 Å². The Balaban J connectivity index is 1.54. The zero-order chi connectivity index (χ0) is 21.5. The molecule has 6 nitrogen and oxygen atoms in total. The molecule has 0 radical (unpaired) electrons. The van der Waals surface area contributed by atoms with E-state index in [0.717, 1.165) is 24.9 Å². The first-order valence-corrected chi connectivity index (χ1v) is 10.5. The van der Waals surface area contributed by atoms with Gasteiger partial charge in [0.25, 0.3) is 0 Å². The van der Waals surface area contributed by atoms with Crippen molar-refractivity contribution in [2.75, 3.05) is 23.4 Å². The van der Waals surface area contributed by atoms with Gasteiger partial charge in [0.15, 0.2) is 0 Å². The van der Waals surface area contributed by atoms with Crippen LogP contribution in [0.4, 0.5) is 11.4 Å². The van der Waals surface area contributed by atoms with Crippen LogP contribution in [0.3, 0.4) is 0 Å². The highest BCUT2D eigenvalue weighted by atomic mass is 35.5. The molecule has 0 aliphatic carbocycles. The molecule has 2 aromatic carbocycles. The van der Waals surface area contributed by atoms with Crippen LogP contribution in [0, 0.1) is 5.92 Å². The molecule has 7 heteroatoms. The molecule has 0 bridgehead atoms. The van der Waals surface area contributed by atoms with Crippen LogP contribution < -0.4 is 10.2 Å². The van der Waals surface area contributed by atoms with Crippen molar-refractivity contribution in [1.29, 1.82) is 0 Å². The molecule has 1 atom stereocenters. The molecule has 30 heavy (non-hydrogen) atoms. The van der Waals surface area contributed by atoms with Crippen LogP contribution in [-0.4, -0.2) is 30.9 Å². The summed E-state index contributed by atoms with van der Waals surface area (Å²) in [5.74, 6) is -1.14. The van der Waals surface area contributed by atoms with Crippen LogP contribution >= 0.6 is 11.6 Å². The van der Waals surface area contributed by atoms with E-state index in [9.17, 15) is 14.4 Å². The van der Waals surface area contributed by atoms with E-state index in [-0.39, 0.29) is 24.2 Å². The SMILES string of the molecule is CCCCCOC(=O)c1ccc(NC(=O)[C@@H]2CC(=O)N(c3ccc(Cl)cc3)C2)cc1. The van der Waals surface area contributed by atoms with E-state index in [1.54, 1.807) is 53.4 Å². The number of ether oxygens (including phenoxy) is 1. The predicted molar refractivity (Wildman–Crippen MR) is 117 cm³/mol. The second-order valence-corrected chi connectivity index (χ2v) is 7.73. The Morgan fingerprint density at radius 1 is 1.10 bits per heavy atom. The zero-order valence-corrected chi connectivity index (χ0v) is 17.7. The lowest BCUT2D eigenvalue weighted by Gasteiger charge is -2.16. The quantitative estimate of drug-likeness (QED) is 0.489. The molecule has 1 heterocycles. The lowest BCUT2D eigenvalue weighted by Crippen LogP contribution is -2.28. The van der Waals surface area contributed by atoms with Gasteiger partial charge in [0.1, 0.15) is 0 Å².